The van der Waals surface area contributed by atoms with Crippen LogP contribution in [0.25, 0.3) is 5.00 Å². The molecule has 4 heterocycles. The van der Waals surface area contributed by atoms with Crippen molar-refractivity contribution in [2.24, 2.45) is 10.7 Å². The minimum atomic E-state index is -0.519. The number of thiophene rings is 1. The molecule has 0 saturated carbocycles. The third kappa shape index (κ3) is 6.28. The first-order valence-electron chi connectivity index (χ1n) is 13.3. The van der Waals surface area contributed by atoms with Crippen LogP contribution in [0.15, 0.2) is 45.8 Å². The maximum atomic E-state index is 13.1. The Bertz CT molecular complexity index is 1740. The molecule has 4 aromatic rings. The predicted molar refractivity (Wildman–Crippen MR) is 162 cm³/mol. The number of aliphatic imine (C=N–C) groups is 1. The molecule has 10 heteroatoms. The number of amides is 1. The van der Waals surface area contributed by atoms with Gasteiger partial charge >= 0.3 is 0 Å². The van der Waals surface area contributed by atoms with Gasteiger partial charge in [0.2, 0.25) is 5.91 Å². The molecule has 1 amide bonds. The predicted octanol–water partition coefficient (Wildman–Crippen LogP) is 5.04. The molecule has 8 nitrogen and oxygen atoms in total. The van der Waals surface area contributed by atoms with Gasteiger partial charge in [-0.3, -0.25) is 14.4 Å². The van der Waals surface area contributed by atoms with E-state index in [9.17, 15) is 4.79 Å². The summed E-state index contributed by atoms with van der Waals surface area (Å²) in [7, 11) is 0. The van der Waals surface area contributed by atoms with E-state index in [0.717, 1.165) is 33.2 Å². The lowest BCUT2D eigenvalue weighted by Crippen LogP contribution is -2.26. The fourth-order valence-electron chi connectivity index (χ4n) is 4.49. The standard InChI is InChI=1S/C31H29ClN6O2S/c1-19-20(2)41-31-28(19)29(22-10-12-23(32)13-11-22)35-26(30-37-36-21(3)38(30)31)18-27(39)34-17-7-5-9-25-15-14-24(40-25)8-4-6-16-33/h10-15,26H,6-7,16-18,33H2,1-3H3,(H,34,39). The van der Waals surface area contributed by atoms with Crippen LogP contribution in [0.5, 0.6) is 0 Å². The van der Waals surface area contributed by atoms with Crippen LogP contribution < -0.4 is 11.1 Å². The summed E-state index contributed by atoms with van der Waals surface area (Å²) in [4.78, 5) is 19.4. The van der Waals surface area contributed by atoms with Crippen molar-refractivity contribution < 1.29 is 9.21 Å². The Hall–Kier alpha value is -4.15. The van der Waals surface area contributed by atoms with Gasteiger partial charge in [-0.15, -0.1) is 21.5 Å². The molecule has 1 aliphatic heterocycles. The lowest BCUT2D eigenvalue weighted by molar-refractivity contribution is -0.121. The molecule has 0 radical (unpaired) electrons. The van der Waals surface area contributed by atoms with Gasteiger partial charge in [-0.05, 0) is 62.4 Å². The van der Waals surface area contributed by atoms with Crippen molar-refractivity contribution in [1.29, 1.82) is 0 Å². The number of halogens is 1. The molecule has 41 heavy (non-hydrogen) atoms. The largest absolute Gasteiger partial charge is 0.439 e. The van der Waals surface area contributed by atoms with Gasteiger partial charge in [0.1, 0.15) is 16.9 Å². The van der Waals surface area contributed by atoms with Gasteiger partial charge in [-0.25, -0.2) is 0 Å². The van der Waals surface area contributed by atoms with Crippen molar-refractivity contribution in [3.63, 3.8) is 0 Å². The quantitative estimate of drug-likeness (QED) is 0.244. The molecule has 0 spiro atoms. The molecule has 3 N–H and O–H groups in total. The van der Waals surface area contributed by atoms with E-state index >= 15 is 0 Å². The highest BCUT2D eigenvalue weighted by Crippen LogP contribution is 2.39. The highest BCUT2D eigenvalue weighted by Gasteiger charge is 2.32. The molecule has 3 aromatic heterocycles. The molecule has 0 aliphatic carbocycles. The zero-order chi connectivity index (χ0) is 28.9. The first kappa shape index (κ1) is 28.4. The van der Waals surface area contributed by atoms with Crippen molar-refractivity contribution in [3.05, 3.63) is 86.2 Å². The summed E-state index contributed by atoms with van der Waals surface area (Å²) >= 11 is 7.86. The first-order valence-corrected chi connectivity index (χ1v) is 14.5. The summed E-state index contributed by atoms with van der Waals surface area (Å²) in [6.07, 6.45) is 1.20. The Labute approximate surface area is 248 Å². The van der Waals surface area contributed by atoms with E-state index in [0.29, 0.717) is 48.3 Å². The summed E-state index contributed by atoms with van der Waals surface area (Å²) in [6, 6.07) is 10.7. The number of nitrogens with two attached hydrogens (primary N) is 1. The fourth-order valence-corrected chi connectivity index (χ4v) is 5.83. The Morgan fingerprint density at radius 1 is 1.07 bits per heavy atom. The lowest BCUT2D eigenvalue weighted by atomic mass is 9.99. The number of carbonyl (C=O) groups excluding carboxylic acids is 1. The van der Waals surface area contributed by atoms with Crippen LogP contribution in [0.3, 0.4) is 0 Å². The Morgan fingerprint density at radius 2 is 1.78 bits per heavy atom. The third-order valence-corrected chi connectivity index (χ3v) is 8.05. The lowest BCUT2D eigenvalue weighted by Gasteiger charge is -2.13. The van der Waals surface area contributed by atoms with E-state index in [1.165, 1.54) is 4.88 Å². The van der Waals surface area contributed by atoms with Crippen LogP contribution in [0, 0.1) is 44.5 Å². The molecule has 0 fully saturated rings. The van der Waals surface area contributed by atoms with Crippen molar-refractivity contribution in [2.45, 2.75) is 46.1 Å². The van der Waals surface area contributed by atoms with Crippen LogP contribution >= 0.6 is 22.9 Å². The second kappa shape index (κ2) is 12.6. The molecule has 1 aliphatic rings. The Balaban J connectivity index is 1.33. The average Bonchev–Trinajstić information content (AvgIpc) is 3.62. The van der Waals surface area contributed by atoms with Gasteiger partial charge in [0, 0.05) is 47.0 Å². The van der Waals surface area contributed by atoms with Crippen LogP contribution in [0.4, 0.5) is 0 Å². The number of benzene rings is 1. The van der Waals surface area contributed by atoms with Crippen molar-refractivity contribution in [3.8, 4) is 28.7 Å². The second-order valence-electron chi connectivity index (χ2n) is 9.51. The van der Waals surface area contributed by atoms with Crippen LogP contribution in [0.1, 0.15) is 70.0 Å². The molecule has 0 saturated heterocycles. The number of aryl methyl sites for hydroxylation is 2. The molecule has 0 bridgehead atoms. The Morgan fingerprint density at radius 3 is 2.49 bits per heavy atom. The smallest absolute Gasteiger partial charge is 0.222 e. The molecule has 5 rings (SSSR count). The molecule has 1 unspecified atom stereocenters. The average molecular weight is 585 g/mol. The number of furan rings is 1. The number of hydrogen-bond acceptors (Lipinski definition) is 7. The number of rotatable bonds is 6. The third-order valence-electron chi connectivity index (χ3n) is 6.61. The summed E-state index contributed by atoms with van der Waals surface area (Å²) in [6.45, 7) is 7.03. The monoisotopic (exact) mass is 584 g/mol. The van der Waals surface area contributed by atoms with E-state index < -0.39 is 6.04 Å². The van der Waals surface area contributed by atoms with Crippen molar-refractivity contribution in [1.82, 2.24) is 20.1 Å². The maximum absolute atomic E-state index is 13.1. The summed E-state index contributed by atoms with van der Waals surface area (Å²) in [5.74, 6) is 14.2. The minimum absolute atomic E-state index is 0.124. The minimum Gasteiger partial charge on any atom is -0.439 e. The first-order chi connectivity index (χ1) is 19.9. The molecule has 1 aromatic carbocycles. The summed E-state index contributed by atoms with van der Waals surface area (Å²) in [5.41, 5.74) is 9.38. The van der Waals surface area contributed by atoms with Crippen molar-refractivity contribution in [2.75, 3.05) is 13.1 Å². The van der Waals surface area contributed by atoms with Gasteiger partial charge in [-0.1, -0.05) is 35.6 Å². The van der Waals surface area contributed by atoms with E-state index in [-0.39, 0.29) is 12.3 Å². The number of fused-ring (bicyclic) bond motifs is 3. The molecular formula is C31H29ClN6O2S. The number of hydrogen-bond donors (Lipinski definition) is 2. The van der Waals surface area contributed by atoms with E-state index in [2.05, 4.69) is 53.0 Å². The zero-order valence-electron chi connectivity index (χ0n) is 23.0. The fraction of sp³-hybridized carbons (Fsp3) is 0.290. The summed E-state index contributed by atoms with van der Waals surface area (Å²) < 4.78 is 7.62. The van der Waals surface area contributed by atoms with Gasteiger partial charge in [0.25, 0.3) is 0 Å². The van der Waals surface area contributed by atoms with Gasteiger partial charge < -0.3 is 15.5 Å². The second-order valence-corrected chi connectivity index (χ2v) is 11.2. The van der Waals surface area contributed by atoms with E-state index in [1.807, 2.05) is 35.8 Å². The van der Waals surface area contributed by atoms with Gasteiger partial charge in [0.15, 0.2) is 17.3 Å². The Kier molecular flexibility index (Phi) is 8.70. The maximum Gasteiger partial charge on any atom is 0.222 e. The van der Waals surface area contributed by atoms with Gasteiger partial charge in [0.05, 0.1) is 12.1 Å². The van der Waals surface area contributed by atoms with E-state index in [1.54, 1.807) is 23.5 Å². The molecular weight excluding hydrogens is 556 g/mol. The van der Waals surface area contributed by atoms with Crippen LogP contribution in [-0.2, 0) is 4.79 Å². The SMILES string of the molecule is Cc1sc2c(c1C)C(c1ccc(Cl)cc1)=NC(CC(=O)NCCC#Cc1ccc(C#CCCN)o1)c1nnc(C)n1-2. The molecule has 1 atom stereocenters. The highest BCUT2D eigenvalue weighted by atomic mass is 35.5. The topological polar surface area (TPSA) is 111 Å². The zero-order valence-corrected chi connectivity index (χ0v) is 24.6. The van der Waals surface area contributed by atoms with Crippen LogP contribution in [0.2, 0.25) is 5.02 Å². The van der Waals surface area contributed by atoms with Crippen molar-refractivity contribution >= 4 is 34.6 Å². The number of carbonyl (C=O) groups is 1. The number of nitrogens with one attached hydrogen (secondary N) is 1. The van der Waals surface area contributed by atoms with Gasteiger partial charge in [-0.2, -0.15) is 0 Å². The summed E-state index contributed by atoms with van der Waals surface area (Å²) in [5, 5.41) is 13.4. The number of nitrogens with zero attached hydrogens (tertiary/aromatic N) is 4. The normalized spacial score (nSPS) is 13.6. The van der Waals surface area contributed by atoms with E-state index in [4.69, 9.17) is 26.7 Å². The highest BCUT2D eigenvalue weighted by molar-refractivity contribution is 7.15. The molecule has 208 valence electrons. The van der Waals surface area contributed by atoms with Crippen LogP contribution in [-0.4, -0.2) is 39.5 Å². The number of aromatic nitrogens is 3.